The smallest absolute Gasteiger partial charge is 0.169 e. The van der Waals surface area contributed by atoms with E-state index < -0.39 is 5.69 Å². The maximum atomic E-state index is 5.19. The number of hydrogen-bond donors (Lipinski definition) is 3. The largest absolute Gasteiger partial charge is 0.278 e. The maximum Gasteiger partial charge on any atom is 0.169 e. The maximum absolute atomic E-state index is 5.19. The molecule has 0 amide bonds. The molecule has 3 nitrogen and oxygen atoms in total. The van der Waals surface area contributed by atoms with E-state index in [0.717, 1.165) is 0 Å². The van der Waals surface area contributed by atoms with Crippen LogP contribution in [0.15, 0.2) is 0 Å². The van der Waals surface area contributed by atoms with Gasteiger partial charge in [0.1, 0.15) is 0 Å². The Labute approximate surface area is 45.9 Å². The molecule has 38 valence electrons. The molecular weight excluding hydrogens is 141 g/mol. The zero-order chi connectivity index (χ0) is 5.21. The van der Waals surface area contributed by atoms with Gasteiger partial charge in [-0.15, -0.1) is 0 Å². The zero-order valence-corrected chi connectivity index (χ0v) is 5.35. The van der Waals surface area contributed by atoms with E-state index in [9.17, 15) is 0 Å². The van der Waals surface area contributed by atoms with Crippen LogP contribution in [0.5, 0.6) is 0 Å². The van der Waals surface area contributed by atoms with Gasteiger partial charge in [0, 0.05) is 0 Å². The van der Waals surface area contributed by atoms with E-state index in [4.69, 9.17) is 22.6 Å². The Morgan fingerprint density at radius 2 is 2.00 bits per heavy atom. The molecule has 0 saturated heterocycles. The van der Waals surface area contributed by atoms with Gasteiger partial charge in [0.25, 0.3) is 0 Å². The predicted molar refractivity (Wildman–Crippen MR) is 31.6 cm³/mol. The van der Waals surface area contributed by atoms with Crippen LogP contribution in [0.25, 0.3) is 0 Å². The van der Waals surface area contributed by atoms with E-state index in [1.165, 1.54) is 0 Å². The summed E-state index contributed by atoms with van der Waals surface area (Å²) in [5.74, 6) is 4.74. The highest BCUT2D eigenvalue weighted by molar-refractivity contribution is 8.24. The summed E-state index contributed by atoms with van der Waals surface area (Å²) in [6.07, 6.45) is 0. The quantitative estimate of drug-likeness (QED) is 0.273. The van der Waals surface area contributed by atoms with Crippen molar-refractivity contribution in [1.29, 1.82) is 0 Å². The predicted octanol–water partition coefficient (Wildman–Crippen LogP) is -0.128. The summed E-state index contributed by atoms with van der Waals surface area (Å²) in [5.41, 5.74) is 2.68. The van der Waals surface area contributed by atoms with Gasteiger partial charge in [0.2, 0.25) is 0 Å². The third-order valence-corrected chi connectivity index (χ3v) is 1.14. The highest BCUT2D eigenvalue weighted by Gasteiger charge is 1.95. The summed E-state index contributed by atoms with van der Waals surface area (Å²) in [6, 6.07) is 0. The number of nitrogens with one attached hydrogen (secondary N) is 1. The van der Waals surface area contributed by atoms with E-state index in [0.29, 0.717) is 0 Å². The minimum atomic E-state index is -2.31. The minimum Gasteiger partial charge on any atom is -0.278 e. The Morgan fingerprint density at radius 3 is 2.00 bits per heavy atom. The Kier molecular flexibility index (Phi) is 2.51. The molecule has 0 aliphatic rings. The number of nitrogens with two attached hydrogens (primary N) is 2. The molecule has 0 aromatic rings. The third-order valence-electron chi connectivity index (χ3n) is 0.176. The lowest BCUT2D eigenvalue weighted by Crippen LogP contribution is -2.19. The van der Waals surface area contributed by atoms with E-state index in [-0.39, 0.29) is 0 Å². The van der Waals surface area contributed by atoms with Crippen LogP contribution in [-0.4, -0.2) is 0 Å². The third kappa shape index (κ3) is 4.82. The molecular formula is H5ClN3PS. The van der Waals surface area contributed by atoms with Gasteiger partial charge in [0.15, 0.2) is 5.69 Å². The van der Waals surface area contributed by atoms with Gasteiger partial charge >= 0.3 is 0 Å². The van der Waals surface area contributed by atoms with Crippen molar-refractivity contribution in [3.63, 3.8) is 0 Å². The molecule has 0 bridgehead atoms. The van der Waals surface area contributed by atoms with E-state index in [1.807, 2.05) is 0 Å². The lowest BCUT2D eigenvalue weighted by molar-refractivity contribution is 1.10. The van der Waals surface area contributed by atoms with Crippen molar-refractivity contribution in [2.75, 3.05) is 0 Å². The van der Waals surface area contributed by atoms with Gasteiger partial charge in [-0.25, -0.2) is 5.20 Å². The van der Waals surface area contributed by atoms with Crippen molar-refractivity contribution in [3.8, 4) is 0 Å². The van der Waals surface area contributed by atoms with Gasteiger partial charge in [-0.05, 0) is 11.8 Å². The normalized spacial score (nSPS) is 19.8. The Hall–Kier alpha value is 0.820. The molecule has 0 radical (unpaired) electrons. The molecule has 6 heavy (non-hydrogen) atoms. The fraction of sp³-hybridized carbons (Fsp3) is 0. The van der Waals surface area contributed by atoms with Gasteiger partial charge < -0.3 is 0 Å². The zero-order valence-electron chi connectivity index (χ0n) is 2.89. The summed E-state index contributed by atoms with van der Waals surface area (Å²) in [4.78, 5) is 0. The fourth-order valence-corrected chi connectivity index (χ4v) is 0. The minimum absolute atomic E-state index is 2.07. The van der Waals surface area contributed by atoms with Crippen molar-refractivity contribution < 1.29 is 0 Å². The van der Waals surface area contributed by atoms with E-state index >= 15 is 0 Å². The molecule has 1 unspecified atom stereocenters. The fourth-order valence-electron chi connectivity index (χ4n) is 0. The second-order valence-corrected chi connectivity index (χ2v) is 6.05. The molecule has 0 aliphatic heterocycles. The van der Waals surface area contributed by atoms with Crippen LogP contribution < -0.4 is 16.5 Å². The standard InChI is InChI=1S/ClH5N3PS/c1-5(3,6)4-2/h2H2,(H3,3,4,6). The van der Waals surface area contributed by atoms with Crippen molar-refractivity contribution in [1.82, 2.24) is 5.20 Å². The van der Waals surface area contributed by atoms with Crippen LogP contribution in [0, 0.1) is 0 Å². The van der Waals surface area contributed by atoms with Gasteiger partial charge in [0.05, 0.1) is 0 Å². The van der Waals surface area contributed by atoms with Gasteiger partial charge in [-0.3, -0.25) is 11.3 Å². The van der Waals surface area contributed by atoms with Crippen LogP contribution in [-0.2, 0) is 11.8 Å². The second kappa shape index (κ2) is 2.21. The monoisotopic (exact) mass is 145 g/mol. The highest BCUT2D eigenvalue weighted by Crippen LogP contribution is 2.34. The Bertz CT molecular complexity index is 74.9. The van der Waals surface area contributed by atoms with Crippen molar-refractivity contribution in [2.24, 2.45) is 11.3 Å². The lowest BCUT2D eigenvalue weighted by Gasteiger charge is -2.00. The highest BCUT2D eigenvalue weighted by atomic mass is 35.7. The summed E-state index contributed by atoms with van der Waals surface area (Å²) in [6.45, 7) is 0. The van der Waals surface area contributed by atoms with Crippen LogP contribution in [0.1, 0.15) is 0 Å². The summed E-state index contributed by atoms with van der Waals surface area (Å²) in [5, 5.41) is 2.07. The number of hydrogen-bond acceptors (Lipinski definition) is 2. The summed E-state index contributed by atoms with van der Waals surface area (Å²) in [7, 11) is 0. The topological polar surface area (TPSA) is 64.1 Å². The first-order valence-electron chi connectivity index (χ1n) is 1.12. The van der Waals surface area contributed by atoms with E-state index in [1.54, 1.807) is 0 Å². The molecule has 0 heterocycles. The van der Waals surface area contributed by atoms with Crippen molar-refractivity contribution in [3.05, 3.63) is 0 Å². The number of rotatable bonds is 1. The van der Waals surface area contributed by atoms with Gasteiger partial charge in [-0.1, -0.05) is 11.2 Å². The molecule has 0 aromatic carbocycles. The first-order valence-corrected chi connectivity index (χ1v) is 4.90. The van der Waals surface area contributed by atoms with Crippen LogP contribution in [0.3, 0.4) is 0 Å². The summed E-state index contributed by atoms with van der Waals surface area (Å²) >= 11 is 9.59. The molecule has 0 fully saturated rings. The number of halogens is 1. The van der Waals surface area contributed by atoms with Crippen molar-refractivity contribution >= 4 is 28.7 Å². The molecule has 5 N–H and O–H groups in total. The average Bonchev–Trinajstić information content (AvgIpc) is 1.35. The van der Waals surface area contributed by atoms with Crippen LogP contribution >= 0.6 is 16.9 Å². The molecule has 6 heteroatoms. The first kappa shape index (κ1) is 6.82. The lowest BCUT2D eigenvalue weighted by atomic mass is 13.0. The second-order valence-electron chi connectivity index (χ2n) is 0.706. The Balaban J connectivity index is 3.48. The number of hydrazine groups is 1. The molecule has 1 atom stereocenters. The van der Waals surface area contributed by atoms with Gasteiger partial charge in [-0.2, -0.15) is 0 Å². The van der Waals surface area contributed by atoms with Crippen molar-refractivity contribution in [2.45, 2.75) is 0 Å². The molecule has 0 aliphatic carbocycles. The SMILES string of the molecule is NNP(N)(=S)Cl. The molecule has 0 rings (SSSR count). The molecule has 0 spiro atoms. The summed E-state index contributed by atoms with van der Waals surface area (Å²) < 4.78 is 0. The molecule has 0 aromatic heterocycles. The van der Waals surface area contributed by atoms with E-state index in [2.05, 4.69) is 17.0 Å². The average molecular weight is 146 g/mol. The Morgan fingerprint density at radius 1 is 1.83 bits per heavy atom. The molecule has 0 saturated carbocycles. The van der Waals surface area contributed by atoms with Crippen LogP contribution in [0.4, 0.5) is 0 Å². The first-order chi connectivity index (χ1) is 2.56. The van der Waals surface area contributed by atoms with Crippen LogP contribution in [0.2, 0.25) is 0 Å².